The second-order valence-corrected chi connectivity index (χ2v) is 3.17. The Bertz CT molecular complexity index is 324. The third-order valence-corrected chi connectivity index (χ3v) is 2.18. The van der Waals surface area contributed by atoms with E-state index in [-0.39, 0.29) is 0 Å². The molecule has 1 heterocycles. The first-order valence-corrected chi connectivity index (χ1v) is 5.26. The molecule has 1 aromatic heterocycles. The minimum Gasteiger partial charge on any atom is -0.339 e. The maximum atomic E-state index is 8.39. The van der Waals surface area contributed by atoms with Gasteiger partial charge in [0.15, 0.2) is 0 Å². The van der Waals surface area contributed by atoms with Gasteiger partial charge in [-0.3, -0.25) is 0 Å². The zero-order chi connectivity index (χ0) is 11.1. The highest BCUT2D eigenvalue weighted by Gasteiger charge is 2.10. The van der Waals surface area contributed by atoms with E-state index in [1.165, 1.54) is 0 Å². The minimum atomic E-state index is 0.531. The molecule has 15 heavy (non-hydrogen) atoms. The number of rotatable bonds is 6. The largest absolute Gasteiger partial charge is 0.339 e. The molecule has 0 aliphatic rings. The molecule has 0 unspecified atom stereocenters. The van der Waals surface area contributed by atoms with E-state index in [1.807, 2.05) is 4.90 Å². The van der Waals surface area contributed by atoms with E-state index in [4.69, 9.17) is 9.78 Å². The van der Waals surface area contributed by atoms with E-state index in [1.54, 1.807) is 0 Å². The molecule has 0 aliphatic heterocycles. The molecule has 0 bridgehead atoms. The summed E-state index contributed by atoms with van der Waals surface area (Å²) in [6.07, 6.45) is 1.99. The van der Waals surface area contributed by atoms with Crippen LogP contribution >= 0.6 is 0 Å². The van der Waals surface area contributed by atoms with Crippen LogP contribution in [-0.4, -0.2) is 23.2 Å². The van der Waals surface area contributed by atoms with Gasteiger partial charge in [0.25, 0.3) is 5.95 Å². The van der Waals surface area contributed by atoms with E-state index >= 15 is 0 Å². The lowest BCUT2D eigenvalue weighted by molar-refractivity contribution is 0.375. The highest BCUT2D eigenvalue weighted by molar-refractivity contribution is 5.26. The van der Waals surface area contributed by atoms with Crippen molar-refractivity contribution in [3.8, 4) is 6.07 Å². The zero-order valence-corrected chi connectivity index (χ0v) is 9.23. The van der Waals surface area contributed by atoms with Gasteiger partial charge in [-0.25, -0.2) is 0 Å². The normalized spacial score (nSPS) is 9.93. The lowest BCUT2D eigenvalue weighted by Crippen LogP contribution is -2.22. The van der Waals surface area contributed by atoms with E-state index < -0.39 is 0 Å². The van der Waals surface area contributed by atoms with E-state index in [2.05, 4.69) is 30.1 Å². The molecule has 0 aromatic carbocycles. The van der Waals surface area contributed by atoms with Crippen LogP contribution in [0.25, 0.3) is 0 Å². The topological polar surface area (TPSA) is 66.0 Å². The van der Waals surface area contributed by atoms with E-state index in [9.17, 15) is 0 Å². The number of nitriles is 1. The van der Waals surface area contributed by atoms with Crippen molar-refractivity contribution in [1.29, 1.82) is 5.26 Å². The number of hydrogen-bond acceptors (Lipinski definition) is 5. The smallest absolute Gasteiger partial charge is 0.266 e. The Labute approximate surface area is 89.7 Å². The molecule has 0 spiro atoms. The van der Waals surface area contributed by atoms with Gasteiger partial charge in [-0.05, 0) is 25.4 Å². The quantitative estimate of drug-likeness (QED) is 0.666. The monoisotopic (exact) mass is 208 g/mol. The van der Waals surface area contributed by atoms with Gasteiger partial charge in [-0.15, -0.1) is 0 Å². The Morgan fingerprint density at radius 2 is 2.13 bits per heavy atom. The number of anilines is 1. The molecule has 1 rings (SSSR count). The van der Waals surface area contributed by atoms with Crippen LogP contribution in [0.5, 0.6) is 0 Å². The average molecular weight is 208 g/mol. The number of aryl methyl sites for hydroxylation is 1. The summed E-state index contributed by atoms with van der Waals surface area (Å²) in [5.41, 5.74) is 0. The summed E-state index contributed by atoms with van der Waals surface area (Å²) in [6, 6.07) is 2.09. The van der Waals surface area contributed by atoms with Crippen molar-refractivity contribution < 1.29 is 4.52 Å². The third kappa shape index (κ3) is 3.24. The number of hydrogen-bond donors (Lipinski definition) is 0. The standard InChI is InChI=1S/C10H16N4O/c1-3-14(4-2)10-12-9(15-13-10)7-5-6-8-11/h3-7H2,1-2H3. The fourth-order valence-corrected chi connectivity index (χ4v) is 1.30. The SMILES string of the molecule is CCN(CC)c1noc(CCCC#N)n1. The molecule has 0 radical (unpaired) electrons. The Kier molecular flexibility index (Phi) is 4.61. The minimum absolute atomic E-state index is 0.531. The van der Waals surface area contributed by atoms with Gasteiger partial charge in [0, 0.05) is 25.9 Å². The molecule has 5 heteroatoms. The van der Waals surface area contributed by atoms with Crippen molar-refractivity contribution in [2.24, 2.45) is 0 Å². The van der Waals surface area contributed by atoms with Gasteiger partial charge >= 0.3 is 0 Å². The first-order chi connectivity index (χ1) is 7.31. The molecule has 0 N–H and O–H groups in total. The Balaban J connectivity index is 2.52. The van der Waals surface area contributed by atoms with Gasteiger partial charge in [0.1, 0.15) is 0 Å². The second kappa shape index (κ2) is 6.02. The van der Waals surface area contributed by atoms with Crippen LogP contribution in [0.3, 0.4) is 0 Å². The highest BCUT2D eigenvalue weighted by Crippen LogP contribution is 2.10. The van der Waals surface area contributed by atoms with Crippen molar-refractivity contribution in [2.45, 2.75) is 33.1 Å². The van der Waals surface area contributed by atoms with Crippen LogP contribution in [0.4, 0.5) is 5.95 Å². The van der Waals surface area contributed by atoms with Crippen molar-refractivity contribution in [3.63, 3.8) is 0 Å². The van der Waals surface area contributed by atoms with Gasteiger partial charge in [-0.2, -0.15) is 10.2 Å². The molecule has 0 saturated heterocycles. The lowest BCUT2D eigenvalue weighted by Gasteiger charge is -2.14. The predicted octanol–water partition coefficient (Wildman–Crippen LogP) is 1.76. The number of nitrogens with zero attached hydrogens (tertiary/aromatic N) is 4. The third-order valence-electron chi connectivity index (χ3n) is 2.18. The van der Waals surface area contributed by atoms with Gasteiger partial charge in [0.2, 0.25) is 5.89 Å². The maximum absolute atomic E-state index is 8.39. The summed E-state index contributed by atoms with van der Waals surface area (Å²) in [7, 11) is 0. The number of unbranched alkanes of at least 4 members (excludes halogenated alkanes) is 1. The average Bonchev–Trinajstić information content (AvgIpc) is 2.69. The molecule has 1 aromatic rings. The Morgan fingerprint density at radius 1 is 1.40 bits per heavy atom. The Morgan fingerprint density at radius 3 is 2.73 bits per heavy atom. The van der Waals surface area contributed by atoms with Crippen molar-refractivity contribution >= 4 is 5.95 Å². The molecular formula is C10H16N4O. The van der Waals surface area contributed by atoms with E-state index in [0.29, 0.717) is 24.7 Å². The molecule has 5 nitrogen and oxygen atoms in total. The first-order valence-electron chi connectivity index (χ1n) is 5.26. The Hall–Kier alpha value is -1.57. The molecule has 0 atom stereocenters. The summed E-state index contributed by atoms with van der Waals surface area (Å²) in [5.74, 6) is 1.26. The van der Waals surface area contributed by atoms with Gasteiger partial charge < -0.3 is 9.42 Å². The fourth-order valence-electron chi connectivity index (χ4n) is 1.30. The zero-order valence-electron chi connectivity index (χ0n) is 9.23. The maximum Gasteiger partial charge on any atom is 0.266 e. The summed E-state index contributed by atoms with van der Waals surface area (Å²) in [5, 5.41) is 12.3. The summed E-state index contributed by atoms with van der Waals surface area (Å²) < 4.78 is 5.08. The van der Waals surface area contributed by atoms with Crippen LogP contribution < -0.4 is 4.90 Å². The summed E-state index contributed by atoms with van der Waals surface area (Å²) >= 11 is 0. The van der Waals surface area contributed by atoms with Crippen molar-refractivity contribution in [2.75, 3.05) is 18.0 Å². The van der Waals surface area contributed by atoms with Crippen LogP contribution in [-0.2, 0) is 6.42 Å². The number of aromatic nitrogens is 2. The van der Waals surface area contributed by atoms with Crippen LogP contribution in [0, 0.1) is 11.3 Å². The molecule has 0 aliphatic carbocycles. The second-order valence-electron chi connectivity index (χ2n) is 3.17. The van der Waals surface area contributed by atoms with E-state index in [0.717, 1.165) is 19.5 Å². The van der Waals surface area contributed by atoms with Gasteiger partial charge in [0.05, 0.1) is 6.07 Å². The van der Waals surface area contributed by atoms with Crippen molar-refractivity contribution in [1.82, 2.24) is 10.1 Å². The first kappa shape index (κ1) is 11.5. The van der Waals surface area contributed by atoms with Crippen molar-refractivity contribution in [3.05, 3.63) is 5.89 Å². The molecule has 0 amide bonds. The molecular weight excluding hydrogens is 192 g/mol. The summed E-state index contributed by atoms with van der Waals surface area (Å²) in [6.45, 7) is 5.84. The predicted molar refractivity (Wildman–Crippen MR) is 56.4 cm³/mol. The highest BCUT2D eigenvalue weighted by atomic mass is 16.5. The van der Waals surface area contributed by atoms with Crippen LogP contribution in [0.1, 0.15) is 32.6 Å². The van der Waals surface area contributed by atoms with Crippen LogP contribution in [0.2, 0.25) is 0 Å². The molecule has 82 valence electrons. The van der Waals surface area contributed by atoms with Crippen LogP contribution in [0.15, 0.2) is 4.52 Å². The molecule has 0 saturated carbocycles. The fraction of sp³-hybridized carbons (Fsp3) is 0.700. The summed E-state index contributed by atoms with van der Waals surface area (Å²) in [4.78, 5) is 6.29. The lowest BCUT2D eigenvalue weighted by atomic mass is 10.2. The molecule has 0 fully saturated rings. The van der Waals surface area contributed by atoms with Gasteiger partial charge in [-0.1, -0.05) is 0 Å².